The van der Waals surface area contributed by atoms with Gasteiger partial charge in [-0.3, -0.25) is 4.79 Å². The minimum atomic E-state index is -2.61. The van der Waals surface area contributed by atoms with Crippen LogP contribution in [0.1, 0.15) is 13.8 Å². The van der Waals surface area contributed by atoms with Gasteiger partial charge in [-0.05, 0) is 43.3 Å². The maximum atomic E-state index is 13.2. The van der Waals surface area contributed by atoms with Crippen LogP contribution in [0.3, 0.4) is 0 Å². The largest absolute Gasteiger partial charge is 1.00 e. The Hall–Kier alpha value is -2.49. The van der Waals surface area contributed by atoms with Gasteiger partial charge in [-0.25, -0.2) is 4.79 Å². The van der Waals surface area contributed by atoms with Crippen molar-refractivity contribution < 1.29 is 31.3 Å². The van der Waals surface area contributed by atoms with E-state index in [0.717, 1.165) is 15.9 Å². The molecule has 3 rings (SSSR count). The quantitative estimate of drug-likeness (QED) is 0.379. The Kier molecular flexibility index (Phi) is 8.76. The molecule has 6 heteroatoms. The number of esters is 1. The zero-order valence-corrected chi connectivity index (χ0v) is 19.5. The Bertz CT molecular complexity index is 855. The molecular weight excluding hydrogens is 461 g/mol. The first kappa shape index (κ1) is 23.8. The fraction of sp³-hybridized carbons (Fsp3) is 0.167. The lowest BCUT2D eigenvalue weighted by Gasteiger charge is -2.33. The molecule has 1 N–H and O–H groups in total. The fourth-order valence-electron chi connectivity index (χ4n) is 3.61. The number of carbonyl (C=O) groups is 2. The van der Waals surface area contributed by atoms with Crippen LogP contribution < -0.4 is 38.2 Å². The van der Waals surface area contributed by atoms with Gasteiger partial charge in [0.1, 0.15) is 23.2 Å². The maximum Gasteiger partial charge on any atom is 0.369 e. The number of rotatable bonds is 7. The van der Waals surface area contributed by atoms with Crippen LogP contribution in [0.15, 0.2) is 91.0 Å². The second-order valence-electron chi connectivity index (χ2n) is 6.58. The van der Waals surface area contributed by atoms with Crippen molar-refractivity contribution in [2.24, 2.45) is 0 Å². The molecule has 0 saturated carbocycles. The van der Waals surface area contributed by atoms with Crippen molar-refractivity contribution >= 4 is 35.1 Å². The number of hydrogen-bond acceptors (Lipinski definition) is 3. The number of ether oxygens (including phenoxy) is 1. The molecule has 0 spiro atoms. The third-order valence-electron chi connectivity index (χ3n) is 4.73. The van der Waals surface area contributed by atoms with E-state index < -0.39 is 19.0 Å². The molecule has 0 saturated heterocycles. The molecule has 1 atom stereocenters. The Balaban J connectivity index is 0.00000320. The number of nitrogens with one attached hydrogen (secondary N) is 1. The van der Waals surface area contributed by atoms with Crippen molar-refractivity contribution in [2.75, 3.05) is 6.61 Å². The summed E-state index contributed by atoms with van der Waals surface area (Å²) >= 11 is 0. The summed E-state index contributed by atoms with van der Waals surface area (Å²) in [7, 11) is -2.61. The van der Waals surface area contributed by atoms with Crippen molar-refractivity contribution in [3.8, 4) is 0 Å². The Morgan fingerprint density at radius 2 is 1.17 bits per heavy atom. The summed E-state index contributed by atoms with van der Waals surface area (Å²) in [6, 6.07) is 29.8. The van der Waals surface area contributed by atoms with Crippen molar-refractivity contribution in [3.05, 3.63) is 91.0 Å². The van der Waals surface area contributed by atoms with E-state index in [1.165, 1.54) is 6.92 Å². The van der Waals surface area contributed by atoms with Gasteiger partial charge in [-0.15, -0.1) is 0 Å². The van der Waals surface area contributed by atoms with Crippen molar-refractivity contribution in [3.63, 3.8) is 0 Å². The van der Waals surface area contributed by atoms with Gasteiger partial charge in [-0.2, -0.15) is 0 Å². The van der Waals surface area contributed by atoms with Gasteiger partial charge < -0.3 is 27.0 Å². The van der Waals surface area contributed by atoms with Gasteiger partial charge in [-0.1, -0.05) is 54.6 Å². The number of amides is 1. The molecule has 0 aliphatic heterocycles. The monoisotopic (exact) mass is 485 g/mol. The highest BCUT2D eigenvalue weighted by atomic mass is 79.9. The molecule has 0 aliphatic carbocycles. The van der Waals surface area contributed by atoms with Crippen LogP contribution in [0.4, 0.5) is 0 Å². The van der Waals surface area contributed by atoms with E-state index in [0.29, 0.717) is 0 Å². The first-order chi connectivity index (χ1) is 14.1. The Morgan fingerprint density at radius 1 is 0.800 bits per heavy atom. The summed E-state index contributed by atoms with van der Waals surface area (Å²) in [6.07, 6.45) is 0. The zero-order valence-electron chi connectivity index (χ0n) is 17.0. The molecule has 3 aromatic carbocycles. The third kappa shape index (κ3) is 4.80. The van der Waals surface area contributed by atoms with Gasteiger partial charge in [0.25, 0.3) is 5.78 Å². The molecule has 0 heterocycles. The summed E-state index contributed by atoms with van der Waals surface area (Å²) in [6.45, 7) is 3.45. The van der Waals surface area contributed by atoms with E-state index in [2.05, 4.69) is 5.32 Å². The molecule has 1 unspecified atom stereocenters. The minimum absolute atomic E-state index is 0. The second kappa shape index (κ2) is 11.1. The topological polar surface area (TPSA) is 55.4 Å². The molecular formula is C24H25BrNO3P. The molecule has 0 aliphatic rings. The van der Waals surface area contributed by atoms with Gasteiger partial charge in [0.15, 0.2) is 0 Å². The van der Waals surface area contributed by atoms with Gasteiger partial charge >= 0.3 is 5.97 Å². The van der Waals surface area contributed by atoms with Crippen LogP contribution in [-0.2, 0) is 14.3 Å². The maximum absolute atomic E-state index is 13.2. The Labute approximate surface area is 188 Å². The summed E-state index contributed by atoms with van der Waals surface area (Å²) < 4.78 is 5.45. The zero-order chi connectivity index (χ0) is 20.7. The third-order valence-corrected chi connectivity index (χ3v) is 9.18. The van der Waals surface area contributed by atoms with E-state index in [1.54, 1.807) is 6.92 Å². The molecule has 4 nitrogen and oxygen atoms in total. The summed E-state index contributed by atoms with van der Waals surface area (Å²) in [5, 5.41) is 5.95. The lowest BCUT2D eigenvalue weighted by atomic mass is 10.3. The lowest BCUT2D eigenvalue weighted by molar-refractivity contribution is -0.144. The first-order valence-corrected chi connectivity index (χ1v) is 11.5. The van der Waals surface area contributed by atoms with Crippen LogP contribution in [0.2, 0.25) is 0 Å². The fourth-order valence-corrected chi connectivity index (χ4v) is 8.09. The highest BCUT2D eigenvalue weighted by molar-refractivity contribution is 7.96. The number of benzene rings is 3. The van der Waals surface area contributed by atoms with Crippen LogP contribution >= 0.6 is 7.26 Å². The minimum Gasteiger partial charge on any atom is -1.00 e. The molecule has 0 bridgehead atoms. The SMILES string of the molecule is CCOC(=O)C(NC(C)=O)[P+](c1ccccc1)(c1ccccc1)c1ccccc1.[Br-]. The van der Waals surface area contributed by atoms with Crippen LogP contribution in [0, 0.1) is 0 Å². The standard InChI is InChI=1S/C24H24NO3P.BrH/c1-3-28-24(27)23(25-19(2)26)29(20-13-7-4-8-14-20,21-15-9-5-10-16-21)22-17-11-6-12-18-22;/h4-18,23H,3H2,1-2H3;1H. The second-order valence-corrected chi connectivity index (χ2v) is 10.1. The van der Waals surface area contributed by atoms with Crippen molar-refractivity contribution in [1.29, 1.82) is 0 Å². The smallest absolute Gasteiger partial charge is 0.369 e. The van der Waals surface area contributed by atoms with Crippen molar-refractivity contribution in [2.45, 2.75) is 19.6 Å². The molecule has 1 amide bonds. The van der Waals surface area contributed by atoms with Gasteiger partial charge in [0.2, 0.25) is 5.91 Å². The first-order valence-electron chi connectivity index (χ1n) is 9.60. The number of halogens is 1. The molecule has 0 radical (unpaired) electrons. The summed E-state index contributed by atoms with van der Waals surface area (Å²) in [5.41, 5.74) is 0. The number of carbonyl (C=O) groups excluding carboxylic acids is 2. The average molecular weight is 486 g/mol. The van der Waals surface area contributed by atoms with E-state index in [-0.39, 0.29) is 29.5 Å². The normalized spacial score (nSPS) is 11.7. The van der Waals surface area contributed by atoms with Crippen molar-refractivity contribution in [1.82, 2.24) is 5.32 Å². The average Bonchev–Trinajstić information content (AvgIpc) is 2.76. The lowest BCUT2D eigenvalue weighted by Crippen LogP contribution is -3.00. The van der Waals surface area contributed by atoms with Crippen LogP contribution in [-0.4, -0.2) is 24.3 Å². The van der Waals surface area contributed by atoms with Crippen LogP contribution in [0.25, 0.3) is 0 Å². The Morgan fingerprint density at radius 3 is 1.47 bits per heavy atom. The molecule has 30 heavy (non-hydrogen) atoms. The predicted octanol–water partition coefficient (Wildman–Crippen LogP) is 0.00980. The van der Waals surface area contributed by atoms with E-state index in [9.17, 15) is 9.59 Å². The molecule has 3 aromatic rings. The van der Waals surface area contributed by atoms with E-state index in [4.69, 9.17) is 4.74 Å². The summed E-state index contributed by atoms with van der Waals surface area (Å²) in [5.74, 6) is -1.52. The molecule has 0 aromatic heterocycles. The highest BCUT2D eigenvalue weighted by Crippen LogP contribution is 2.59. The highest BCUT2D eigenvalue weighted by Gasteiger charge is 2.57. The molecule has 0 fully saturated rings. The van der Waals surface area contributed by atoms with Gasteiger partial charge in [0.05, 0.1) is 6.61 Å². The van der Waals surface area contributed by atoms with E-state index >= 15 is 0 Å². The van der Waals surface area contributed by atoms with Crippen LogP contribution in [0.5, 0.6) is 0 Å². The van der Waals surface area contributed by atoms with E-state index in [1.807, 2.05) is 91.0 Å². The summed E-state index contributed by atoms with van der Waals surface area (Å²) in [4.78, 5) is 25.4. The predicted molar refractivity (Wildman–Crippen MR) is 119 cm³/mol. The number of hydrogen-bond donors (Lipinski definition) is 1. The molecule has 156 valence electrons. The van der Waals surface area contributed by atoms with Gasteiger partial charge in [0, 0.05) is 6.92 Å².